The van der Waals surface area contributed by atoms with Crippen molar-refractivity contribution in [1.29, 1.82) is 0 Å². The third-order valence-corrected chi connectivity index (χ3v) is 16.6. The Labute approximate surface area is 511 Å². The highest BCUT2D eigenvalue weighted by Gasteiger charge is 2.19. The minimum Gasteiger partial charge on any atom is -0.462 e. The number of unbranched alkanes of at least 4 members (excludes halogenated alkanes) is 49. The van der Waals surface area contributed by atoms with Crippen LogP contribution in [0.5, 0.6) is 0 Å². The minimum atomic E-state index is -0.780. The van der Waals surface area contributed by atoms with Crippen molar-refractivity contribution in [2.75, 3.05) is 13.2 Å². The molecule has 0 bridgehead atoms. The Balaban J connectivity index is 4.23. The van der Waals surface area contributed by atoms with E-state index < -0.39 is 6.10 Å². The van der Waals surface area contributed by atoms with Gasteiger partial charge in [0.25, 0.3) is 0 Å². The molecule has 1 atom stereocenters. The summed E-state index contributed by atoms with van der Waals surface area (Å²) in [4.78, 5) is 38.5. The van der Waals surface area contributed by atoms with Gasteiger partial charge in [-0.25, -0.2) is 0 Å². The number of carbonyl (C=O) groups is 3. The van der Waals surface area contributed by atoms with Crippen molar-refractivity contribution >= 4 is 17.9 Å². The maximum Gasteiger partial charge on any atom is 0.306 e. The SMILES string of the molecule is CC/C=C\C/C=C\C/C=C\CCCCCCCCCC(=O)OCC(COC(=O)CCCCCCCCCCCCCCCCCCCCCCCCCCCCCCC)OC(=O)CCCCCCCCC/C=C\CCCCCCCCC. The van der Waals surface area contributed by atoms with Crippen LogP contribution in [-0.2, 0) is 28.6 Å². The van der Waals surface area contributed by atoms with Crippen molar-refractivity contribution in [2.45, 2.75) is 406 Å². The summed E-state index contributed by atoms with van der Waals surface area (Å²) in [7, 11) is 0. The lowest BCUT2D eigenvalue weighted by atomic mass is 10.0. The van der Waals surface area contributed by atoms with E-state index in [1.165, 1.54) is 276 Å². The van der Waals surface area contributed by atoms with Crippen molar-refractivity contribution in [3.05, 3.63) is 48.6 Å². The molecule has 0 radical (unpaired) electrons. The Morgan fingerprint density at radius 1 is 0.256 bits per heavy atom. The molecule has 0 aliphatic carbocycles. The van der Waals surface area contributed by atoms with Crippen LogP contribution in [0, 0.1) is 0 Å². The number of hydrogen-bond donors (Lipinski definition) is 0. The molecule has 0 fully saturated rings. The van der Waals surface area contributed by atoms with Crippen LogP contribution >= 0.6 is 0 Å². The fraction of sp³-hybridized carbons (Fsp3) is 0.855. The van der Waals surface area contributed by atoms with Gasteiger partial charge in [-0.3, -0.25) is 14.4 Å². The molecule has 0 saturated carbocycles. The van der Waals surface area contributed by atoms with Gasteiger partial charge in [0.2, 0.25) is 0 Å². The summed E-state index contributed by atoms with van der Waals surface area (Å²) in [5, 5.41) is 0. The third-order valence-electron chi connectivity index (χ3n) is 16.6. The molecule has 480 valence electrons. The summed E-state index contributed by atoms with van der Waals surface area (Å²) in [6.45, 7) is 6.59. The first-order valence-electron chi connectivity index (χ1n) is 36.6. The van der Waals surface area contributed by atoms with Crippen LogP contribution in [-0.4, -0.2) is 37.2 Å². The van der Waals surface area contributed by atoms with Crippen LogP contribution < -0.4 is 0 Å². The van der Waals surface area contributed by atoms with Crippen LogP contribution in [0.4, 0.5) is 0 Å². The zero-order valence-electron chi connectivity index (χ0n) is 55.3. The molecule has 0 aromatic carbocycles. The number of esters is 3. The highest BCUT2D eigenvalue weighted by Crippen LogP contribution is 2.19. The van der Waals surface area contributed by atoms with Crippen molar-refractivity contribution in [2.24, 2.45) is 0 Å². The molecule has 0 saturated heterocycles. The fourth-order valence-electron chi connectivity index (χ4n) is 11.1. The molecular formula is C76H140O6. The predicted octanol–water partition coefficient (Wildman–Crippen LogP) is 25.3. The molecule has 0 spiro atoms. The summed E-state index contributed by atoms with van der Waals surface area (Å²) in [5.74, 6) is -0.861. The van der Waals surface area contributed by atoms with E-state index in [0.29, 0.717) is 19.3 Å². The van der Waals surface area contributed by atoms with Gasteiger partial charge in [-0.05, 0) is 77.0 Å². The Hall–Kier alpha value is -2.63. The molecular weight excluding hydrogens is 1010 g/mol. The average molecular weight is 1150 g/mol. The molecule has 0 aliphatic rings. The van der Waals surface area contributed by atoms with Crippen LogP contribution in [0.15, 0.2) is 48.6 Å². The highest BCUT2D eigenvalue weighted by atomic mass is 16.6. The van der Waals surface area contributed by atoms with E-state index in [1.807, 2.05) is 0 Å². The van der Waals surface area contributed by atoms with Crippen LogP contribution in [0.1, 0.15) is 400 Å². The van der Waals surface area contributed by atoms with Gasteiger partial charge in [-0.15, -0.1) is 0 Å². The van der Waals surface area contributed by atoms with E-state index in [-0.39, 0.29) is 31.1 Å². The zero-order valence-corrected chi connectivity index (χ0v) is 55.3. The monoisotopic (exact) mass is 1150 g/mol. The van der Waals surface area contributed by atoms with Gasteiger partial charge >= 0.3 is 17.9 Å². The third kappa shape index (κ3) is 68.2. The van der Waals surface area contributed by atoms with Crippen molar-refractivity contribution in [3.63, 3.8) is 0 Å². The van der Waals surface area contributed by atoms with E-state index in [9.17, 15) is 14.4 Å². The Morgan fingerprint density at radius 2 is 0.476 bits per heavy atom. The second-order valence-electron chi connectivity index (χ2n) is 24.8. The van der Waals surface area contributed by atoms with Gasteiger partial charge in [-0.1, -0.05) is 352 Å². The van der Waals surface area contributed by atoms with E-state index >= 15 is 0 Å². The fourth-order valence-corrected chi connectivity index (χ4v) is 11.1. The molecule has 1 unspecified atom stereocenters. The average Bonchev–Trinajstić information content (AvgIpc) is 3.47. The predicted molar refractivity (Wildman–Crippen MR) is 358 cm³/mol. The standard InChI is InChI=1S/C76H140O6/c1-4-7-10-13-16-19-22-25-28-31-33-34-35-36-37-38-39-40-41-42-43-46-48-51-54-57-60-63-66-69-75(78)81-72-73(71-80-74(77)68-65-62-59-56-53-50-47-44-30-27-24-21-18-15-12-9-6-3)82-76(79)70-67-64-61-58-55-52-49-45-32-29-26-23-20-17-14-11-8-5-2/h9,12,18,21,27,29-30,32,73H,4-8,10-11,13-17,19-20,22-26,28,31,33-72H2,1-3H3/b12-9-,21-18-,30-27-,32-29-. The highest BCUT2D eigenvalue weighted by molar-refractivity contribution is 5.71. The molecule has 6 nitrogen and oxygen atoms in total. The lowest BCUT2D eigenvalue weighted by molar-refractivity contribution is -0.167. The number of allylic oxidation sites excluding steroid dienone is 8. The molecule has 0 aromatic heterocycles. The molecule has 0 N–H and O–H groups in total. The molecule has 0 rings (SSSR count). The normalized spacial score (nSPS) is 12.3. The van der Waals surface area contributed by atoms with Gasteiger partial charge in [-0.2, -0.15) is 0 Å². The molecule has 6 heteroatoms. The lowest BCUT2D eigenvalue weighted by Gasteiger charge is -2.18. The second-order valence-corrected chi connectivity index (χ2v) is 24.8. The topological polar surface area (TPSA) is 78.9 Å². The van der Waals surface area contributed by atoms with E-state index in [2.05, 4.69) is 69.4 Å². The molecule has 0 aliphatic heterocycles. The quantitative estimate of drug-likeness (QED) is 0.0261. The Morgan fingerprint density at radius 3 is 0.756 bits per heavy atom. The summed E-state index contributed by atoms with van der Waals surface area (Å²) < 4.78 is 17.0. The number of ether oxygens (including phenoxy) is 3. The zero-order chi connectivity index (χ0) is 59.2. The van der Waals surface area contributed by atoms with E-state index in [1.54, 1.807) is 0 Å². The van der Waals surface area contributed by atoms with Gasteiger partial charge in [0, 0.05) is 19.3 Å². The van der Waals surface area contributed by atoms with Gasteiger partial charge in [0.05, 0.1) is 0 Å². The van der Waals surface area contributed by atoms with Gasteiger partial charge in [0.15, 0.2) is 6.10 Å². The van der Waals surface area contributed by atoms with E-state index in [0.717, 1.165) is 83.5 Å². The summed E-state index contributed by atoms with van der Waals surface area (Å²) in [5.41, 5.74) is 0. The number of hydrogen-bond acceptors (Lipinski definition) is 6. The summed E-state index contributed by atoms with van der Waals surface area (Å²) in [6, 6.07) is 0. The Kier molecular flexibility index (Phi) is 68.6. The largest absolute Gasteiger partial charge is 0.462 e. The molecule has 0 aromatic rings. The van der Waals surface area contributed by atoms with Crippen molar-refractivity contribution in [1.82, 2.24) is 0 Å². The van der Waals surface area contributed by atoms with Crippen LogP contribution in [0.25, 0.3) is 0 Å². The number of rotatable bonds is 68. The molecule has 0 heterocycles. The summed E-state index contributed by atoms with van der Waals surface area (Å²) in [6.07, 6.45) is 90.1. The number of carbonyl (C=O) groups excluding carboxylic acids is 3. The van der Waals surface area contributed by atoms with Crippen LogP contribution in [0.3, 0.4) is 0 Å². The molecule has 82 heavy (non-hydrogen) atoms. The van der Waals surface area contributed by atoms with E-state index in [4.69, 9.17) is 14.2 Å². The Bertz CT molecular complexity index is 1410. The first-order chi connectivity index (χ1) is 40.5. The minimum absolute atomic E-state index is 0.0739. The maximum atomic E-state index is 13.0. The maximum absolute atomic E-state index is 13.0. The molecule has 0 amide bonds. The second kappa shape index (κ2) is 70.9. The van der Waals surface area contributed by atoms with Crippen molar-refractivity contribution < 1.29 is 28.6 Å². The first kappa shape index (κ1) is 79.4. The van der Waals surface area contributed by atoms with Gasteiger partial charge in [0.1, 0.15) is 13.2 Å². The smallest absolute Gasteiger partial charge is 0.306 e. The first-order valence-corrected chi connectivity index (χ1v) is 36.6. The van der Waals surface area contributed by atoms with Crippen LogP contribution in [0.2, 0.25) is 0 Å². The summed E-state index contributed by atoms with van der Waals surface area (Å²) >= 11 is 0. The van der Waals surface area contributed by atoms with Gasteiger partial charge < -0.3 is 14.2 Å². The lowest BCUT2D eigenvalue weighted by Crippen LogP contribution is -2.30. The van der Waals surface area contributed by atoms with Crippen molar-refractivity contribution in [3.8, 4) is 0 Å².